The summed E-state index contributed by atoms with van der Waals surface area (Å²) in [5.74, 6) is 4.26. The second kappa shape index (κ2) is 18.7. The van der Waals surface area contributed by atoms with Gasteiger partial charge in [0.25, 0.3) is 0 Å². The summed E-state index contributed by atoms with van der Waals surface area (Å²) >= 11 is 0. The number of pyridine rings is 1. The summed E-state index contributed by atoms with van der Waals surface area (Å²) < 4.78 is 16.6. The zero-order chi connectivity index (χ0) is 57.5. The molecule has 3 aliphatic rings. The molecule has 0 bridgehead atoms. The highest BCUT2D eigenvalue weighted by atomic mass is 28.3. The van der Waals surface area contributed by atoms with E-state index in [2.05, 4.69) is 298 Å². The highest BCUT2D eigenvalue weighted by molar-refractivity contribution is 7.24. The molecule has 412 valence electrons. The molecular formula is C76H72N4O2Si. The smallest absolute Gasteiger partial charge is 0.189 e. The molecule has 0 N–H and O–H groups in total. The van der Waals surface area contributed by atoms with Crippen LogP contribution in [0, 0.1) is 0 Å². The van der Waals surface area contributed by atoms with Gasteiger partial charge in [-0.15, -0.1) is 0 Å². The van der Waals surface area contributed by atoms with Crippen molar-refractivity contribution in [2.75, 3.05) is 16.5 Å². The van der Waals surface area contributed by atoms with Gasteiger partial charge in [0.15, 0.2) is 8.07 Å². The zero-order valence-electron chi connectivity index (χ0n) is 49.9. The van der Waals surface area contributed by atoms with Crippen LogP contribution in [0.15, 0.2) is 206 Å². The van der Waals surface area contributed by atoms with Gasteiger partial charge in [-0.1, -0.05) is 210 Å². The van der Waals surface area contributed by atoms with Crippen LogP contribution in [0.1, 0.15) is 105 Å². The van der Waals surface area contributed by atoms with Crippen LogP contribution in [0.4, 0.5) is 22.7 Å². The molecule has 11 aromatic rings. The molecule has 83 heavy (non-hydrogen) atoms. The standard InChI is InChI=1S/C76H72N4O2Si/c1-73(2,3)50-24-19-23-48(39-50)57-27-21-28-58(49-40-52(75(7,8)9)42-53(41-49)76(10,11)12)72(57)79-47-78(59-29-13-14-30-60(59)79)54-25-20-26-55(44-54)81-56-45-62-71-68(46-56)83(65-34-17-15-32-63(65)82-64-33-16-18-35-66(64)83)67-36-22-31-61(70(67)71)80(62)69-43-51(37-38-77-69)74(4,5)6/h13-46H,47H2,1-12H3. The average Bonchev–Trinajstić information content (AvgIpc) is 1.55. The van der Waals surface area contributed by atoms with Crippen LogP contribution in [-0.4, -0.2) is 24.3 Å². The molecule has 0 radical (unpaired) electrons. The average molecular weight is 1100 g/mol. The SMILES string of the molecule is CC(C)(C)c1cccc(-c2cccc(-c3cc(C(C)(C)C)cc(C(C)(C)C)c3)c2N2CN(c3cccc(Oc4cc5c6c7c(cccc7n(-c7cc(C(C)(C)C)ccn7)c6c4)[Si]54c5ccccc5Oc5ccccc54)c3)c3ccccc32)c1. The first kappa shape index (κ1) is 52.4. The maximum Gasteiger partial charge on any atom is 0.189 e. The Bertz CT molecular complexity index is 4370. The molecular weight excluding hydrogens is 1030 g/mol. The van der Waals surface area contributed by atoms with Gasteiger partial charge in [-0.2, -0.15) is 0 Å². The van der Waals surface area contributed by atoms with Gasteiger partial charge < -0.3 is 19.3 Å². The molecule has 3 aliphatic heterocycles. The topological polar surface area (TPSA) is 42.8 Å². The van der Waals surface area contributed by atoms with Gasteiger partial charge in [-0.05, 0) is 136 Å². The second-order valence-corrected chi connectivity index (χ2v) is 31.0. The highest BCUT2D eigenvalue weighted by Gasteiger charge is 2.54. The minimum atomic E-state index is -2.99. The quantitative estimate of drug-likeness (QED) is 0.149. The van der Waals surface area contributed by atoms with Crippen LogP contribution in [0.3, 0.4) is 0 Å². The highest BCUT2D eigenvalue weighted by Crippen LogP contribution is 2.52. The van der Waals surface area contributed by atoms with E-state index in [1.165, 1.54) is 81.7 Å². The van der Waals surface area contributed by atoms with E-state index >= 15 is 0 Å². The van der Waals surface area contributed by atoms with Crippen molar-refractivity contribution in [3.63, 3.8) is 0 Å². The first-order chi connectivity index (χ1) is 39.7. The summed E-state index contributed by atoms with van der Waals surface area (Å²) in [4.78, 5) is 10.1. The van der Waals surface area contributed by atoms with Crippen LogP contribution >= 0.6 is 0 Å². The van der Waals surface area contributed by atoms with Crippen LogP contribution < -0.4 is 40.0 Å². The predicted octanol–water partition coefficient (Wildman–Crippen LogP) is 17.5. The van der Waals surface area contributed by atoms with Crippen molar-refractivity contribution in [3.05, 3.63) is 229 Å². The summed E-state index contributed by atoms with van der Waals surface area (Å²) in [6.45, 7) is 28.3. The summed E-state index contributed by atoms with van der Waals surface area (Å²) in [5, 5.41) is 7.72. The third kappa shape index (κ3) is 8.44. The number of nitrogens with zero attached hydrogens (tertiary/aromatic N) is 4. The molecule has 0 amide bonds. The summed E-state index contributed by atoms with van der Waals surface area (Å²) in [7, 11) is -2.99. The molecule has 1 spiro atoms. The minimum Gasteiger partial charge on any atom is -0.458 e. The number of fused-ring (bicyclic) bond motifs is 7. The van der Waals surface area contributed by atoms with Crippen molar-refractivity contribution < 1.29 is 9.47 Å². The lowest BCUT2D eigenvalue weighted by atomic mass is 9.78. The van der Waals surface area contributed by atoms with Crippen LogP contribution in [0.2, 0.25) is 0 Å². The number of para-hydroxylation sites is 5. The van der Waals surface area contributed by atoms with E-state index in [-0.39, 0.29) is 21.7 Å². The maximum atomic E-state index is 7.38. The molecule has 5 heterocycles. The molecule has 7 heteroatoms. The number of hydrogen-bond donors (Lipinski definition) is 0. The van der Waals surface area contributed by atoms with Gasteiger partial charge in [0, 0.05) is 45.9 Å². The first-order valence-electron chi connectivity index (χ1n) is 29.4. The molecule has 6 nitrogen and oxygen atoms in total. The molecule has 0 unspecified atom stereocenters. The van der Waals surface area contributed by atoms with Gasteiger partial charge in [0.05, 0.1) is 28.1 Å². The van der Waals surface area contributed by atoms with E-state index in [0.29, 0.717) is 6.67 Å². The molecule has 0 fully saturated rings. The lowest BCUT2D eigenvalue weighted by Crippen LogP contribution is -2.74. The van der Waals surface area contributed by atoms with Crippen molar-refractivity contribution in [1.29, 1.82) is 0 Å². The van der Waals surface area contributed by atoms with E-state index in [4.69, 9.17) is 14.5 Å². The molecule has 0 aliphatic carbocycles. The Morgan fingerprint density at radius 1 is 0.422 bits per heavy atom. The minimum absolute atomic E-state index is 0.0218. The summed E-state index contributed by atoms with van der Waals surface area (Å²) in [6.07, 6.45) is 1.96. The second-order valence-electron chi connectivity index (χ2n) is 27.3. The normalized spacial score (nSPS) is 14.4. The third-order valence-corrected chi connectivity index (χ3v) is 22.6. The Morgan fingerprint density at radius 3 is 1.65 bits per heavy atom. The van der Waals surface area contributed by atoms with Crippen LogP contribution in [0.5, 0.6) is 23.0 Å². The number of benzene rings is 9. The third-order valence-electron chi connectivity index (χ3n) is 17.7. The molecule has 14 rings (SSSR count). The molecule has 9 aromatic carbocycles. The van der Waals surface area contributed by atoms with Gasteiger partial charge in [0.1, 0.15) is 35.5 Å². The summed E-state index contributed by atoms with van der Waals surface area (Å²) in [5.41, 5.74) is 16.6. The fourth-order valence-electron chi connectivity index (χ4n) is 13.4. The number of ether oxygens (including phenoxy) is 2. The fourth-order valence-corrected chi connectivity index (χ4v) is 18.8. The molecule has 0 saturated carbocycles. The maximum absolute atomic E-state index is 7.38. The van der Waals surface area contributed by atoms with Crippen molar-refractivity contribution in [1.82, 2.24) is 9.55 Å². The molecule has 0 saturated heterocycles. The Hall–Kier alpha value is -8.65. The fraction of sp³-hybridized carbons (Fsp3) is 0.224. The van der Waals surface area contributed by atoms with Crippen LogP contribution in [0.25, 0.3) is 49.9 Å². The van der Waals surface area contributed by atoms with E-state index in [0.717, 1.165) is 56.9 Å². The lowest BCUT2D eigenvalue weighted by molar-refractivity contribution is 0.483. The van der Waals surface area contributed by atoms with E-state index in [1.807, 2.05) is 6.20 Å². The number of rotatable bonds is 7. The van der Waals surface area contributed by atoms with Gasteiger partial charge in [-0.25, -0.2) is 4.98 Å². The Morgan fingerprint density at radius 2 is 0.976 bits per heavy atom. The van der Waals surface area contributed by atoms with Gasteiger partial charge in [0.2, 0.25) is 0 Å². The van der Waals surface area contributed by atoms with E-state index < -0.39 is 8.07 Å². The van der Waals surface area contributed by atoms with Crippen molar-refractivity contribution in [2.45, 2.75) is 105 Å². The lowest BCUT2D eigenvalue weighted by Gasteiger charge is -2.38. The van der Waals surface area contributed by atoms with Crippen molar-refractivity contribution >= 4 is 73.4 Å². The Balaban J connectivity index is 0.927. The molecule has 2 aromatic heterocycles. The van der Waals surface area contributed by atoms with E-state index in [9.17, 15) is 0 Å². The van der Waals surface area contributed by atoms with Crippen molar-refractivity contribution in [2.24, 2.45) is 0 Å². The number of hydrogen-bond acceptors (Lipinski definition) is 5. The molecule has 0 atom stereocenters. The van der Waals surface area contributed by atoms with Gasteiger partial charge in [-0.3, -0.25) is 4.57 Å². The summed E-state index contributed by atoms with van der Waals surface area (Å²) in [6, 6.07) is 74.4. The van der Waals surface area contributed by atoms with Crippen LogP contribution in [-0.2, 0) is 21.7 Å². The number of anilines is 4. The van der Waals surface area contributed by atoms with Gasteiger partial charge >= 0.3 is 0 Å². The van der Waals surface area contributed by atoms with E-state index in [1.54, 1.807) is 0 Å². The number of aromatic nitrogens is 2. The monoisotopic (exact) mass is 1100 g/mol. The first-order valence-corrected chi connectivity index (χ1v) is 31.4. The largest absolute Gasteiger partial charge is 0.458 e. The Kier molecular flexibility index (Phi) is 11.8. The Labute approximate surface area is 490 Å². The predicted molar refractivity (Wildman–Crippen MR) is 350 cm³/mol. The zero-order valence-corrected chi connectivity index (χ0v) is 50.9. The van der Waals surface area contributed by atoms with Crippen molar-refractivity contribution in [3.8, 4) is 51.1 Å².